The molecule has 0 fully saturated rings. The Kier molecular flexibility index (Phi) is 10.3. The Labute approximate surface area is 227 Å². The minimum Gasteiger partial charge on any atom is -0.497 e. The topological polar surface area (TPSA) is 97.0 Å². The fourth-order valence-electron chi connectivity index (χ4n) is 4.22. The van der Waals surface area contributed by atoms with Crippen LogP contribution in [0.3, 0.4) is 0 Å². The molecule has 0 radical (unpaired) electrons. The van der Waals surface area contributed by atoms with E-state index in [0.29, 0.717) is 17.0 Å². The van der Waals surface area contributed by atoms with Gasteiger partial charge in [-0.25, -0.2) is 4.79 Å². The van der Waals surface area contributed by atoms with Gasteiger partial charge in [-0.2, -0.15) is 0 Å². The average molecular weight is 526 g/mol. The molecule has 0 heterocycles. The summed E-state index contributed by atoms with van der Waals surface area (Å²) in [6, 6.07) is 10.6. The van der Waals surface area contributed by atoms with Crippen molar-refractivity contribution in [3.05, 3.63) is 59.2 Å². The number of amides is 3. The maximum Gasteiger partial charge on any atom is 0.408 e. The van der Waals surface area contributed by atoms with Crippen molar-refractivity contribution >= 4 is 23.6 Å². The number of alkyl carbamates (subject to hydrolysis) is 1. The lowest BCUT2D eigenvalue weighted by Gasteiger charge is -2.38. The van der Waals surface area contributed by atoms with Crippen molar-refractivity contribution in [1.29, 1.82) is 0 Å². The van der Waals surface area contributed by atoms with Crippen LogP contribution in [0.4, 0.5) is 10.5 Å². The van der Waals surface area contributed by atoms with Crippen LogP contribution in [0.1, 0.15) is 71.2 Å². The van der Waals surface area contributed by atoms with Gasteiger partial charge in [-0.15, -0.1) is 0 Å². The van der Waals surface area contributed by atoms with Crippen molar-refractivity contribution in [2.75, 3.05) is 12.4 Å². The van der Waals surface area contributed by atoms with Crippen LogP contribution in [0.25, 0.3) is 0 Å². The highest BCUT2D eigenvalue weighted by Gasteiger charge is 2.39. The SMILES string of the molecule is COc1ccc(NC(=O)C(c2ccc(C)cc2C)N(C(=O)C(NC(=O)OC(C)(C)C)C(C)C)C(C)C)cc1. The van der Waals surface area contributed by atoms with Crippen LogP contribution in [-0.2, 0) is 14.3 Å². The molecule has 0 aliphatic rings. The molecule has 8 heteroatoms. The zero-order chi connectivity index (χ0) is 28.8. The van der Waals surface area contributed by atoms with Crippen molar-refractivity contribution in [1.82, 2.24) is 10.2 Å². The number of methoxy groups -OCH3 is 1. The molecule has 2 unspecified atom stereocenters. The van der Waals surface area contributed by atoms with Crippen LogP contribution in [0.2, 0.25) is 0 Å². The van der Waals surface area contributed by atoms with E-state index in [1.165, 1.54) is 0 Å². The van der Waals surface area contributed by atoms with Crippen molar-refractivity contribution in [2.24, 2.45) is 5.92 Å². The summed E-state index contributed by atoms with van der Waals surface area (Å²) in [6.07, 6.45) is -0.681. The first-order valence-electron chi connectivity index (χ1n) is 13.0. The van der Waals surface area contributed by atoms with E-state index in [0.717, 1.165) is 11.1 Å². The highest BCUT2D eigenvalue weighted by Crippen LogP contribution is 2.30. The summed E-state index contributed by atoms with van der Waals surface area (Å²) >= 11 is 0. The zero-order valence-electron chi connectivity index (χ0n) is 24.3. The lowest BCUT2D eigenvalue weighted by molar-refractivity contribution is -0.143. The molecule has 2 atom stereocenters. The van der Waals surface area contributed by atoms with E-state index < -0.39 is 23.8 Å². The van der Waals surface area contributed by atoms with Crippen molar-refractivity contribution < 1.29 is 23.9 Å². The van der Waals surface area contributed by atoms with E-state index in [4.69, 9.17) is 9.47 Å². The number of hydrogen-bond acceptors (Lipinski definition) is 5. The number of nitrogens with one attached hydrogen (secondary N) is 2. The van der Waals surface area contributed by atoms with Crippen LogP contribution < -0.4 is 15.4 Å². The van der Waals surface area contributed by atoms with Crippen molar-refractivity contribution in [3.63, 3.8) is 0 Å². The Hall–Kier alpha value is -3.55. The van der Waals surface area contributed by atoms with E-state index in [1.54, 1.807) is 57.0 Å². The Balaban J connectivity index is 2.54. The number of aryl methyl sites for hydroxylation is 2. The van der Waals surface area contributed by atoms with Gasteiger partial charge in [0, 0.05) is 11.7 Å². The summed E-state index contributed by atoms with van der Waals surface area (Å²) < 4.78 is 10.6. The smallest absolute Gasteiger partial charge is 0.408 e. The molecule has 3 amide bonds. The summed E-state index contributed by atoms with van der Waals surface area (Å²) in [5.41, 5.74) is 2.51. The number of hydrogen-bond donors (Lipinski definition) is 2. The molecule has 0 aliphatic carbocycles. The minimum absolute atomic E-state index is 0.249. The molecule has 0 saturated heterocycles. The van der Waals surface area contributed by atoms with Gasteiger partial charge >= 0.3 is 6.09 Å². The fourth-order valence-corrected chi connectivity index (χ4v) is 4.22. The Morgan fingerprint density at radius 3 is 2.00 bits per heavy atom. The van der Waals surface area contributed by atoms with Crippen LogP contribution in [-0.4, -0.2) is 47.6 Å². The molecule has 2 aromatic rings. The zero-order valence-corrected chi connectivity index (χ0v) is 24.3. The van der Waals surface area contributed by atoms with Gasteiger partial charge in [-0.3, -0.25) is 9.59 Å². The molecule has 2 rings (SSSR count). The number of ether oxygens (including phenoxy) is 2. The molecule has 0 aliphatic heterocycles. The molecule has 2 N–H and O–H groups in total. The van der Waals surface area contributed by atoms with Crippen LogP contribution in [0, 0.1) is 19.8 Å². The predicted molar refractivity (Wildman–Crippen MR) is 150 cm³/mol. The predicted octanol–water partition coefficient (Wildman–Crippen LogP) is 5.78. The number of rotatable bonds is 9. The van der Waals surface area contributed by atoms with E-state index in [9.17, 15) is 14.4 Å². The summed E-state index contributed by atoms with van der Waals surface area (Å²) in [7, 11) is 1.58. The highest BCUT2D eigenvalue weighted by atomic mass is 16.6. The molecule has 0 spiro atoms. The van der Waals surface area contributed by atoms with Crippen LogP contribution in [0.5, 0.6) is 5.75 Å². The standard InChI is InChI=1S/C30H43N3O5/c1-18(2)25(32-29(36)38-30(7,8)9)28(35)33(19(3)4)26(24-16-11-20(5)17-21(24)6)27(34)31-22-12-14-23(37-10)15-13-22/h11-19,25-26H,1-10H3,(H,31,34)(H,32,36). The first kappa shape index (κ1) is 30.7. The summed E-state index contributed by atoms with van der Waals surface area (Å²) in [5.74, 6) is -0.304. The fraction of sp³-hybridized carbons (Fsp3) is 0.500. The molecule has 0 bridgehead atoms. The second-order valence-electron chi connectivity index (χ2n) is 11.2. The molecule has 208 valence electrons. The lowest BCUT2D eigenvalue weighted by Crippen LogP contribution is -2.56. The molecule has 2 aromatic carbocycles. The van der Waals surface area contributed by atoms with E-state index in [-0.39, 0.29) is 23.8 Å². The van der Waals surface area contributed by atoms with Gasteiger partial charge < -0.3 is 25.0 Å². The molecular formula is C30H43N3O5. The van der Waals surface area contributed by atoms with E-state index >= 15 is 0 Å². The van der Waals surface area contributed by atoms with Gasteiger partial charge in [0.1, 0.15) is 23.4 Å². The van der Waals surface area contributed by atoms with E-state index in [2.05, 4.69) is 10.6 Å². The Bertz CT molecular complexity index is 1120. The summed E-state index contributed by atoms with van der Waals surface area (Å²) in [6.45, 7) is 16.6. The average Bonchev–Trinajstić information content (AvgIpc) is 2.80. The summed E-state index contributed by atoms with van der Waals surface area (Å²) in [5, 5.41) is 5.70. The van der Waals surface area contributed by atoms with Gasteiger partial charge in [0.05, 0.1) is 7.11 Å². The van der Waals surface area contributed by atoms with Crippen molar-refractivity contribution in [3.8, 4) is 5.75 Å². The third-order valence-corrected chi connectivity index (χ3v) is 6.02. The van der Waals surface area contributed by atoms with Gasteiger partial charge in [0.15, 0.2) is 0 Å². The maximum absolute atomic E-state index is 14.1. The second-order valence-corrected chi connectivity index (χ2v) is 11.2. The monoisotopic (exact) mass is 525 g/mol. The van der Waals surface area contributed by atoms with Crippen molar-refractivity contribution in [2.45, 2.75) is 86.0 Å². The minimum atomic E-state index is -0.938. The highest BCUT2D eigenvalue weighted by molar-refractivity contribution is 5.99. The number of carbonyl (C=O) groups excluding carboxylic acids is 3. The van der Waals surface area contributed by atoms with Crippen LogP contribution >= 0.6 is 0 Å². The number of anilines is 1. The number of carbonyl (C=O) groups is 3. The van der Waals surface area contributed by atoms with Crippen LogP contribution in [0.15, 0.2) is 42.5 Å². The largest absolute Gasteiger partial charge is 0.497 e. The van der Waals surface area contributed by atoms with Gasteiger partial charge in [-0.1, -0.05) is 37.6 Å². The number of nitrogens with zero attached hydrogens (tertiary/aromatic N) is 1. The first-order valence-corrected chi connectivity index (χ1v) is 13.0. The lowest BCUT2D eigenvalue weighted by atomic mass is 9.94. The van der Waals surface area contributed by atoms with Gasteiger partial charge in [-0.05, 0) is 89.8 Å². The van der Waals surface area contributed by atoms with E-state index in [1.807, 2.05) is 59.7 Å². The third kappa shape index (κ3) is 8.23. The molecule has 8 nitrogen and oxygen atoms in total. The second kappa shape index (κ2) is 12.8. The maximum atomic E-state index is 14.1. The molecule has 0 saturated carbocycles. The quantitative estimate of drug-likeness (QED) is 0.433. The Morgan fingerprint density at radius 1 is 0.921 bits per heavy atom. The summed E-state index contributed by atoms with van der Waals surface area (Å²) in [4.78, 5) is 42.2. The Morgan fingerprint density at radius 2 is 1.53 bits per heavy atom. The normalized spacial score (nSPS) is 13.1. The molecule has 38 heavy (non-hydrogen) atoms. The van der Waals surface area contributed by atoms with Gasteiger partial charge in [0.25, 0.3) is 5.91 Å². The molecule has 0 aromatic heterocycles. The molecular weight excluding hydrogens is 482 g/mol. The third-order valence-electron chi connectivity index (χ3n) is 6.02. The first-order chi connectivity index (χ1) is 17.6. The number of benzene rings is 2. The van der Waals surface area contributed by atoms with Gasteiger partial charge in [0.2, 0.25) is 5.91 Å².